The van der Waals surface area contributed by atoms with E-state index in [9.17, 15) is 4.79 Å². The largest absolute Gasteiger partial charge is 0.348 e. The van der Waals surface area contributed by atoms with Crippen molar-refractivity contribution in [3.8, 4) is 0 Å². The SMILES string of the molecule is Cc1cc(C)n(Cc2cccc(C(=O)N[C@@H](C)CN)c2)n1. The second kappa shape index (κ2) is 6.54. The molecule has 0 spiro atoms. The maximum atomic E-state index is 12.1. The molecule has 112 valence electrons. The first kappa shape index (κ1) is 15.3. The molecule has 1 aromatic carbocycles. The summed E-state index contributed by atoms with van der Waals surface area (Å²) in [4.78, 5) is 12.1. The Morgan fingerprint density at radius 2 is 2.14 bits per heavy atom. The zero-order valence-corrected chi connectivity index (χ0v) is 12.8. The molecule has 0 aliphatic carbocycles. The van der Waals surface area contributed by atoms with Gasteiger partial charge in [0.1, 0.15) is 0 Å². The van der Waals surface area contributed by atoms with Gasteiger partial charge in [0, 0.05) is 23.8 Å². The second-order valence-corrected chi connectivity index (χ2v) is 5.40. The Kier molecular flexibility index (Phi) is 4.75. The number of carbonyl (C=O) groups excluding carboxylic acids is 1. The fraction of sp³-hybridized carbons (Fsp3) is 0.375. The van der Waals surface area contributed by atoms with Crippen molar-refractivity contribution in [2.24, 2.45) is 5.73 Å². The van der Waals surface area contributed by atoms with Crippen LogP contribution in [0.25, 0.3) is 0 Å². The van der Waals surface area contributed by atoms with Crippen LogP contribution in [-0.4, -0.2) is 28.3 Å². The lowest BCUT2D eigenvalue weighted by Gasteiger charge is -2.12. The van der Waals surface area contributed by atoms with Crippen LogP contribution in [-0.2, 0) is 6.54 Å². The molecule has 0 radical (unpaired) electrons. The van der Waals surface area contributed by atoms with Crippen LogP contribution in [0.15, 0.2) is 30.3 Å². The summed E-state index contributed by atoms with van der Waals surface area (Å²) in [6.45, 7) is 6.98. The number of rotatable bonds is 5. The summed E-state index contributed by atoms with van der Waals surface area (Å²) >= 11 is 0. The molecule has 2 aromatic rings. The summed E-state index contributed by atoms with van der Waals surface area (Å²) in [7, 11) is 0. The minimum atomic E-state index is -0.0943. The standard InChI is InChI=1S/C16H22N4O/c1-11-7-13(3)20(19-11)10-14-5-4-6-15(8-14)16(21)18-12(2)9-17/h4-8,12H,9-10,17H2,1-3H3,(H,18,21)/t12-/m0/s1. The third-order valence-electron chi connectivity index (χ3n) is 3.36. The van der Waals surface area contributed by atoms with Crippen LogP contribution in [0.4, 0.5) is 0 Å². The summed E-state index contributed by atoms with van der Waals surface area (Å²) in [6.07, 6.45) is 0. The van der Waals surface area contributed by atoms with Gasteiger partial charge in [-0.05, 0) is 44.5 Å². The maximum Gasteiger partial charge on any atom is 0.251 e. The third kappa shape index (κ3) is 3.92. The van der Waals surface area contributed by atoms with Crippen LogP contribution in [0.2, 0.25) is 0 Å². The molecule has 0 saturated carbocycles. The number of aromatic nitrogens is 2. The van der Waals surface area contributed by atoms with Crippen molar-refractivity contribution in [2.45, 2.75) is 33.4 Å². The van der Waals surface area contributed by atoms with E-state index in [1.807, 2.05) is 55.8 Å². The Balaban J connectivity index is 2.14. The van der Waals surface area contributed by atoms with Crippen molar-refractivity contribution in [1.82, 2.24) is 15.1 Å². The van der Waals surface area contributed by atoms with Crippen LogP contribution < -0.4 is 11.1 Å². The molecule has 0 bridgehead atoms. The lowest BCUT2D eigenvalue weighted by molar-refractivity contribution is 0.0941. The molecule has 0 aliphatic rings. The van der Waals surface area contributed by atoms with E-state index < -0.39 is 0 Å². The van der Waals surface area contributed by atoms with Crippen molar-refractivity contribution in [3.63, 3.8) is 0 Å². The van der Waals surface area contributed by atoms with E-state index in [4.69, 9.17) is 5.73 Å². The molecule has 1 amide bonds. The van der Waals surface area contributed by atoms with Crippen molar-refractivity contribution in [3.05, 3.63) is 52.8 Å². The zero-order chi connectivity index (χ0) is 15.4. The molecular weight excluding hydrogens is 264 g/mol. The average molecular weight is 286 g/mol. The predicted molar refractivity (Wildman–Crippen MR) is 83.2 cm³/mol. The predicted octanol–water partition coefficient (Wildman–Crippen LogP) is 1.63. The molecule has 1 atom stereocenters. The first-order valence-corrected chi connectivity index (χ1v) is 7.10. The van der Waals surface area contributed by atoms with Crippen LogP contribution in [0.3, 0.4) is 0 Å². The van der Waals surface area contributed by atoms with Gasteiger partial charge >= 0.3 is 0 Å². The van der Waals surface area contributed by atoms with E-state index in [0.717, 1.165) is 17.0 Å². The topological polar surface area (TPSA) is 72.9 Å². The van der Waals surface area contributed by atoms with Crippen molar-refractivity contribution >= 4 is 5.91 Å². The molecule has 1 aromatic heterocycles. The van der Waals surface area contributed by atoms with E-state index in [0.29, 0.717) is 18.7 Å². The number of nitrogens with zero attached hydrogens (tertiary/aromatic N) is 2. The molecule has 2 rings (SSSR count). The van der Waals surface area contributed by atoms with Gasteiger partial charge in [-0.1, -0.05) is 12.1 Å². The summed E-state index contributed by atoms with van der Waals surface area (Å²) in [5, 5.41) is 7.31. The van der Waals surface area contributed by atoms with Gasteiger partial charge in [0.2, 0.25) is 0 Å². The Hall–Kier alpha value is -2.14. The maximum absolute atomic E-state index is 12.1. The van der Waals surface area contributed by atoms with Gasteiger partial charge in [-0.3, -0.25) is 9.48 Å². The lowest BCUT2D eigenvalue weighted by atomic mass is 10.1. The molecule has 0 fully saturated rings. The molecule has 0 saturated heterocycles. The fourth-order valence-electron chi connectivity index (χ4n) is 2.18. The first-order chi connectivity index (χ1) is 9.99. The zero-order valence-electron chi connectivity index (χ0n) is 12.8. The number of hydrogen-bond donors (Lipinski definition) is 2. The minimum absolute atomic E-state index is 0.0304. The van der Waals surface area contributed by atoms with Crippen LogP contribution in [0, 0.1) is 13.8 Å². The number of nitrogens with two attached hydrogens (primary N) is 1. The van der Waals surface area contributed by atoms with Crippen LogP contribution >= 0.6 is 0 Å². The number of amides is 1. The minimum Gasteiger partial charge on any atom is -0.348 e. The summed E-state index contributed by atoms with van der Waals surface area (Å²) in [5.74, 6) is -0.0943. The van der Waals surface area contributed by atoms with Gasteiger partial charge < -0.3 is 11.1 Å². The monoisotopic (exact) mass is 286 g/mol. The molecule has 0 unspecified atom stereocenters. The molecule has 3 N–H and O–H groups in total. The van der Waals surface area contributed by atoms with Crippen molar-refractivity contribution in [1.29, 1.82) is 0 Å². The van der Waals surface area contributed by atoms with E-state index in [1.165, 1.54) is 0 Å². The van der Waals surface area contributed by atoms with E-state index in [-0.39, 0.29) is 11.9 Å². The van der Waals surface area contributed by atoms with Gasteiger partial charge in [0.25, 0.3) is 5.91 Å². The fourth-order valence-corrected chi connectivity index (χ4v) is 2.18. The van der Waals surface area contributed by atoms with Crippen LogP contribution in [0.5, 0.6) is 0 Å². The second-order valence-electron chi connectivity index (χ2n) is 5.40. The Morgan fingerprint density at radius 1 is 1.38 bits per heavy atom. The number of benzene rings is 1. The molecule has 1 heterocycles. The highest BCUT2D eigenvalue weighted by Gasteiger charge is 2.09. The third-order valence-corrected chi connectivity index (χ3v) is 3.36. The highest BCUT2D eigenvalue weighted by atomic mass is 16.1. The van der Waals surface area contributed by atoms with Gasteiger partial charge in [-0.25, -0.2) is 0 Å². The Labute approximate surface area is 125 Å². The number of hydrogen-bond acceptors (Lipinski definition) is 3. The molecular formula is C16H22N4O. The Morgan fingerprint density at radius 3 is 2.76 bits per heavy atom. The normalized spacial score (nSPS) is 12.2. The van der Waals surface area contributed by atoms with E-state index in [2.05, 4.69) is 10.4 Å². The molecule has 0 aliphatic heterocycles. The number of aryl methyl sites for hydroxylation is 2. The molecule has 5 heteroatoms. The molecule has 5 nitrogen and oxygen atoms in total. The Bertz CT molecular complexity index is 633. The quantitative estimate of drug-likeness (QED) is 0.877. The number of nitrogens with one attached hydrogen (secondary N) is 1. The van der Waals surface area contributed by atoms with Crippen LogP contribution in [0.1, 0.15) is 34.2 Å². The highest BCUT2D eigenvalue weighted by molar-refractivity contribution is 5.94. The van der Waals surface area contributed by atoms with Gasteiger partial charge in [0.15, 0.2) is 0 Å². The average Bonchev–Trinajstić information content (AvgIpc) is 2.77. The first-order valence-electron chi connectivity index (χ1n) is 7.10. The number of carbonyl (C=O) groups is 1. The van der Waals surface area contributed by atoms with Gasteiger partial charge in [-0.15, -0.1) is 0 Å². The molecule has 21 heavy (non-hydrogen) atoms. The highest BCUT2D eigenvalue weighted by Crippen LogP contribution is 2.10. The lowest BCUT2D eigenvalue weighted by Crippen LogP contribution is -2.37. The van der Waals surface area contributed by atoms with Crippen molar-refractivity contribution in [2.75, 3.05) is 6.54 Å². The van der Waals surface area contributed by atoms with E-state index >= 15 is 0 Å². The van der Waals surface area contributed by atoms with Gasteiger partial charge in [-0.2, -0.15) is 5.10 Å². The summed E-state index contributed by atoms with van der Waals surface area (Å²) < 4.78 is 1.94. The van der Waals surface area contributed by atoms with Gasteiger partial charge in [0.05, 0.1) is 12.2 Å². The smallest absolute Gasteiger partial charge is 0.251 e. The van der Waals surface area contributed by atoms with E-state index in [1.54, 1.807) is 0 Å². The summed E-state index contributed by atoms with van der Waals surface area (Å²) in [6, 6.07) is 9.61. The summed E-state index contributed by atoms with van der Waals surface area (Å²) in [5.41, 5.74) is 9.33. The van der Waals surface area contributed by atoms with Crippen molar-refractivity contribution < 1.29 is 4.79 Å².